The molecular formula is C74H70F6N6O2. The van der Waals surface area contributed by atoms with Crippen molar-refractivity contribution in [1.29, 1.82) is 0 Å². The van der Waals surface area contributed by atoms with Crippen molar-refractivity contribution in [3.63, 3.8) is 0 Å². The number of alkyl halides is 6. The second-order valence-electron chi connectivity index (χ2n) is 22.4. The Hall–Kier alpha value is -9.30. The maximum absolute atomic E-state index is 15.8. The minimum absolute atomic E-state index is 0.110. The first-order chi connectivity index (χ1) is 42.7. The van der Waals surface area contributed by atoms with Gasteiger partial charge in [-0.3, -0.25) is 0 Å². The van der Waals surface area contributed by atoms with Crippen LogP contribution in [0.3, 0.4) is 0 Å². The van der Waals surface area contributed by atoms with E-state index < -0.39 is 23.5 Å². The molecule has 88 heavy (non-hydrogen) atoms. The van der Waals surface area contributed by atoms with E-state index in [-0.39, 0.29) is 56.0 Å². The van der Waals surface area contributed by atoms with Gasteiger partial charge < -0.3 is 29.2 Å². The fourth-order valence-corrected chi connectivity index (χ4v) is 11.6. The number of hydrogen-bond donors (Lipinski definition) is 2. The summed E-state index contributed by atoms with van der Waals surface area (Å²) in [5, 5.41) is 0. The Bertz CT molecular complexity index is 3800. The minimum atomic E-state index is -4.91. The molecule has 0 spiro atoms. The number of para-hydroxylation sites is 2. The van der Waals surface area contributed by atoms with Gasteiger partial charge in [-0.1, -0.05) is 127 Å². The summed E-state index contributed by atoms with van der Waals surface area (Å²) >= 11 is 0. The summed E-state index contributed by atoms with van der Waals surface area (Å²) in [7, 11) is 0. The summed E-state index contributed by atoms with van der Waals surface area (Å²) in [5.74, 6) is 2.44. The number of H-pyrrole nitrogens is 2. The predicted octanol–water partition coefficient (Wildman–Crippen LogP) is 22.2. The van der Waals surface area contributed by atoms with Crippen molar-refractivity contribution in [2.75, 3.05) is 23.0 Å². The number of nitrogens with zero attached hydrogens (tertiary/aromatic N) is 4. The lowest BCUT2D eigenvalue weighted by Gasteiger charge is -2.26. The van der Waals surface area contributed by atoms with Crippen LogP contribution in [0.2, 0.25) is 0 Å². The van der Waals surface area contributed by atoms with E-state index in [2.05, 4.69) is 57.4 Å². The van der Waals surface area contributed by atoms with E-state index in [1.807, 2.05) is 133 Å². The number of fused-ring (bicyclic) bond motifs is 8. The van der Waals surface area contributed by atoms with Gasteiger partial charge in [0.1, 0.15) is 22.6 Å². The molecule has 2 aliphatic rings. The average Bonchev–Trinajstić information content (AvgIpc) is 1.83. The molecule has 0 saturated heterocycles. The van der Waals surface area contributed by atoms with Crippen molar-refractivity contribution in [3.8, 4) is 33.8 Å². The molecule has 3 aromatic heterocycles. The van der Waals surface area contributed by atoms with Gasteiger partial charge in [-0.05, 0) is 181 Å². The van der Waals surface area contributed by atoms with Gasteiger partial charge in [0.05, 0.1) is 47.0 Å². The van der Waals surface area contributed by atoms with E-state index in [0.29, 0.717) is 36.2 Å². The van der Waals surface area contributed by atoms with Gasteiger partial charge in [-0.2, -0.15) is 26.3 Å². The standard InChI is InChI=1S/C74H70F6N6O2/c1-5-9-17-49(7-3)47-87-59-35-31-57(32-36-59)85(53-19-13-11-14-20-53)55-27-23-51(24-28-55)69-61-39-43-65(81-61)71(73(75,76)77)67-45-41-63(83-67)70(64-42-46-68(84-64)72(74(78,79)80)66-44-40-62(69)82-66)52-25-29-56(30-26-52)86(54-21-15-12-16-22-54)58-33-37-60(38-34-58)88-48-50(8-4)18-10-6-2/h11-16,19-46,49-50,81,84H,5-10,17-18,47-48H2,1-4H3. The van der Waals surface area contributed by atoms with Crippen LogP contribution in [0, 0.1) is 11.8 Å². The maximum Gasteiger partial charge on any atom is 0.420 e. The average molecular weight is 1190 g/mol. The Labute approximate surface area is 509 Å². The molecule has 9 aromatic rings. The summed E-state index contributed by atoms with van der Waals surface area (Å²) in [5.41, 5.74) is 3.69. The molecule has 2 unspecified atom stereocenters. The van der Waals surface area contributed by atoms with E-state index in [0.717, 1.165) is 97.0 Å². The smallest absolute Gasteiger partial charge is 0.420 e. The first kappa shape index (κ1) is 60.4. The molecule has 0 amide bonds. The normalized spacial score (nSPS) is 12.9. The number of nitrogens with one attached hydrogen (secondary N) is 2. The lowest BCUT2D eigenvalue weighted by molar-refractivity contribution is -0.137. The first-order valence-corrected chi connectivity index (χ1v) is 30.4. The molecule has 8 bridgehead atoms. The van der Waals surface area contributed by atoms with Crippen molar-refractivity contribution in [2.45, 2.75) is 91.4 Å². The van der Waals surface area contributed by atoms with Crippen molar-refractivity contribution in [3.05, 3.63) is 216 Å². The Morgan fingerprint density at radius 3 is 1.03 bits per heavy atom. The number of hydrogen-bond acceptors (Lipinski definition) is 6. The van der Waals surface area contributed by atoms with Crippen molar-refractivity contribution in [1.82, 2.24) is 19.9 Å². The summed E-state index contributed by atoms with van der Waals surface area (Å²) in [6.45, 7) is 10.0. The van der Waals surface area contributed by atoms with Gasteiger partial charge in [0, 0.05) is 56.3 Å². The van der Waals surface area contributed by atoms with Gasteiger partial charge in [-0.15, -0.1) is 0 Å². The molecule has 2 atom stereocenters. The molecule has 5 heterocycles. The van der Waals surface area contributed by atoms with E-state index in [4.69, 9.17) is 9.47 Å². The van der Waals surface area contributed by atoms with Crippen LogP contribution in [0.15, 0.2) is 182 Å². The van der Waals surface area contributed by atoms with E-state index in [1.54, 1.807) is 24.3 Å². The highest BCUT2D eigenvalue weighted by atomic mass is 19.4. The maximum atomic E-state index is 15.8. The van der Waals surface area contributed by atoms with Crippen LogP contribution in [-0.4, -0.2) is 33.1 Å². The van der Waals surface area contributed by atoms with Gasteiger partial charge >= 0.3 is 12.4 Å². The van der Waals surface area contributed by atoms with E-state index in [1.165, 1.54) is 48.6 Å². The molecule has 0 saturated carbocycles. The zero-order chi connectivity index (χ0) is 61.4. The lowest BCUT2D eigenvalue weighted by atomic mass is 10.0. The van der Waals surface area contributed by atoms with Crippen molar-refractivity contribution >= 4 is 80.5 Å². The highest BCUT2D eigenvalue weighted by Gasteiger charge is 2.38. The van der Waals surface area contributed by atoms with Crippen LogP contribution in [0.1, 0.15) is 113 Å². The van der Waals surface area contributed by atoms with Crippen LogP contribution in [-0.2, 0) is 12.4 Å². The van der Waals surface area contributed by atoms with Crippen molar-refractivity contribution in [2.24, 2.45) is 11.8 Å². The molecule has 450 valence electrons. The molecule has 2 N–H and O–H groups in total. The number of anilines is 6. The SMILES string of the molecule is CCCCC(CC)COc1ccc(N(c2ccccc2)c2ccc(-c3c4nc(c(C(F)(F)F)c5ccc([nH]5)c(-c5ccc(N(c6ccccc6)c6ccc(OCC(CC)CCCC)cc6)cc5)c5nc(c(C(F)(F)F)c6ccc3[nH]6)C=C5)C=C4)cc2)cc1. The lowest BCUT2D eigenvalue weighted by Crippen LogP contribution is -2.12. The number of unbranched alkanes of at least 4 members (excludes halogenated alkanes) is 2. The van der Waals surface area contributed by atoms with Crippen LogP contribution in [0.25, 0.3) is 68.6 Å². The fourth-order valence-electron chi connectivity index (χ4n) is 11.6. The predicted molar refractivity (Wildman–Crippen MR) is 347 cm³/mol. The molecular weight excluding hydrogens is 1120 g/mol. The molecule has 14 heteroatoms. The van der Waals surface area contributed by atoms with Gasteiger partial charge in [0.2, 0.25) is 0 Å². The summed E-state index contributed by atoms with van der Waals surface area (Å²) in [6.07, 6.45) is 4.56. The number of ether oxygens (including phenoxy) is 2. The highest BCUT2D eigenvalue weighted by Crippen LogP contribution is 2.44. The quantitative estimate of drug-likeness (QED) is 0.0658. The minimum Gasteiger partial charge on any atom is -0.493 e. The van der Waals surface area contributed by atoms with E-state index >= 15 is 26.3 Å². The zero-order valence-corrected chi connectivity index (χ0v) is 49.7. The van der Waals surface area contributed by atoms with Crippen molar-refractivity contribution < 1.29 is 35.8 Å². The number of halogens is 6. The third-order valence-corrected chi connectivity index (χ3v) is 16.4. The monoisotopic (exact) mass is 1190 g/mol. The summed E-state index contributed by atoms with van der Waals surface area (Å²) < 4.78 is 107. The first-order valence-electron chi connectivity index (χ1n) is 30.4. The van der Waals surface area contributed by atoms with Crippen LogP contribution < -0.4 is 19.3 Å². The number of rotatable bonds is 22. The Kier molecular flexibility index (Phi) is 18.4. The van der Waals surface area contributed by atoms with Crippen LogP contribution >= 0.6 is 0 Å². The van der Waals surface area contributed by atoms with Crippen LogP contribution in [0.4, 0.5) is 60.5 Å². The largest absolute Gasteiger partial charge is 0.493 e. The van der Waals surface area contributed by atoms with Gasteiger partial charge in [-0.25, -0.2) is 9.97 Å². The molecule has 8 nitrogen and oxygen atoms in total. The zero-order valence-electron chi connectivity index (χ0n) is 49.7. The Balaban J connectivity index is 1.01. The summed E-state index contributed by atoms with van der Waals surface area (Å²) in [4.78, 5) is 19.5. The molecule has 11 rings (SSSR count). The number of benzene rings is 6. The van der Waals surface area contributed by atoms with Gasteiger partial charge in [0.25, 0.3) is 0 Å². The summed E-state index contributed by atoms with van der Waals surface area (Å²) in [6, 6.07) is 55.6. The second-order valence-corrected chi connectivity index (χ2v) is 22.4. The third kappa shape index (κ3) is 13.5. The molecule has 0 radical (unpaired) electrons. The second kappa shape index (κ2) is 26.8. The topological polar surface area (TPSA) is 82.3 Å². The molecule has 0 aliphatic carbocycles. The fraction of sp³-hybridized carbons (Fsp3) is 0.243. The Morgan fingerprint density at radius 1 is 0.386 bits per heavy atom. The van der Waals surface area contributed by atoms with E-state index in [9.17, 15) is 0 Å². The number of aromatic amines is 2. The highest BCUT2D eigenvalue weighted by molar-refractivity contribution is 5.95. The number of aromatic nitrogens is 4. The molecule has 2 aliphatic heterocycles. The van der Waals surface area contributed by atoms with Crippen LogP contribution in [0.5, 0.6) is 11.5 Å². The Morgan fingerprint density at radius 2 is 0.705 bits per heavy atom. The molecule has 6 aromatic carbocycles. The van der Waals surface area contributed by atoms with Gasteiger partial charge in [0.15, 0.2) is 0 Å². The molecule has 0 fully saturated rings. The third-order valence-electron chi connectivity index (χ3n) is 16.4.